The number of fused-ring (bicyclic) bond motifs is 1. The molecular formula is C22H24N4O3. The van der Waals surface area contributed by atoms with Gasteiger partial charge in [0.25, 0.3) is 0 Å². The second-order valence-electron chi connectivity index (χ2n) is 7.08. The highest BCUT2D eigenvalue weighted by molar-refractivity contribution is 5.91. The first-order chi connectivity index (χ1) is 14.1. The number of hydrogen-bond acceptors (Lipinski definition) is 4. The molecule has 0 aliphatic carbocycles. The summed E-state index contributed by atoms with van der Waals surface area (Å²) in [6.45, 7) is 1.13. The second-order valence-corrected chi connectivity index (χ2v) is 7.08. The molecule has 1 atom stereocenters. The van der Waals surface area contributed by atoms with E-state index < -0.39 is 0 Å². The number of nitrogens with one attached hydrogen (secondary N) is 1. The molecule has 2 heterocycles. The van der Waals surface area contributed by atoms with Gasteiger partial charge in [-0.1, -0.05) is 24.3 Å². The minimum Gasteiger partial charge on any atom is -0.497 e. The molecule has 0 radical (unpaired) electrons. The summed E-state index contributed by atoms with van der Waals surface area (Å²) < 4.78 is 12.4. The maximum Gasteiger partial charge on any atom is 0.322 e. The van der Waals surface area contributed by atoms with Crippen LogP contribution in [-0.2, 0) is 13.6 Å². The van der Waals surface area contributed by atoms with Crippen LogP contribution in [-0.4, -0.2) is 41.5 Å². The van der Waals surface area contributed by atoms with Crippen molar-refractivity contribution >= 4 is 11.7 Å². The Kier molecular flexibility index (Phi) is 5.12. The fourth-order valence-corrected chi connectivity index (χ4v) is 3.76. The number of anilines is 1. The van der Waals surface area contributed by atoms with Crippen molar-refractivity contribution in [2.45, 2.75) is 12.5 Å². The highest BCUT2D eigenvalue weighted by Crippen LogP contribution is 2.34. The molecule has 0 spiro atoms. The van der Waals surface area contributed by atoms with Gasteiger partial charge in [0.15, 0.2) is 0 Å². The van der Waals surface area contributed by atoms with Gasteiger partial charge < -0.3 is 19.7 Å². The summed E-state index contributed by atoms with van der Waals surface area (Å²) in [5, 5.41) is 7.29. The summed E-state index contributed by atoms with van der Waals surface area (Å²) in [5.41, 5.74) is 4.09. The van der Waals surface area contributed by atoms with E-state index in [9.17, 15) is 4.79 Å². The molecule has 0 saturated carbocycles. The number of carbonyl (C=O) groups excluding carboxylic acids is 1. The van der Waals surface area contributed by atoms with Crippen molar-refractivity contribution in [1.29, 1.82) is 0 Å². The molecule has 2 amide bonds. The van der Waals surface area contributed by atoms with Crippen molar-refractivity contribution in [1.82, 2.24) is 14.7 Å². The van der Waals surface area contributed by atoms with Crippen LogP contribution in [0.2, 0.25) is 0 Å². The summed E-state index contributed by atoms with van der Waals surface area (Å²) >= 11 is 0. The Morgan fingerprint density at radius 1 is 1.17 bits per heavy atom. The van der Waals surface area contributed by atoms with E-state index in [2.05, 4.69) is 22.5 Å². The minimum absolute atomic E-state index is 0.0807. The van der Waals surface area contributed by atoms with E-state index in [4.69, 9.17) is 9.47 Å². The predicted octanol–water partition coefficient (Wildman–Crippen LogP) is 3.62. The van der Waals surface area contributed by atoms with Gasteiger partial charge in [-0.2, -0.15) is 5.10 Å². The number of rotatable bonds is 4. The van der Waals surface area contributed by atoms with Crippen molar-refractivity contribution in [2.24, 2.45) is 7.05 Å². The molecule has 0 fully saturated rings. The number of benzene rings is 2. The van der Waals surface area contributed by atoms with Gasteiger partial charge in [-0.05, 0) is 28.8 Å². The number of aromatic nitrogens is 2. The van der Waals surface area contributed by atoms with Crippen LogP contribution in [0, 0.1) is 0 Å². The largest absolute Gasteiger partial charge is 0.497 e. The Bertz CT molecular complexity index is 1030. The first-order valence-corrected chi connectivity index (χ1v) is 9.43. The number of nitrogens with zero attached hydrogens (tertiary/aromatic N) is 3. The molecule has 1 aliphatic rings. The molecule has 3 aromatic rings. The molecule has 1 N–H and O–H groups in total. The molecule has 1 aromatic heterocycles. The van der Waals surface area contributed by atoms with Crippen molar-refractivity contribution in [3.05, 3.63) is 71.5 Å². The highest BCUT2D eigenvalue weighted by atomic mass is 16.5. The summed E-state index contributed by atoms with van der Waals surface area (Å²) in [6, 6.07) is 13.4. The summed E-state index contributed by atoms with van der Waals surface area (Å²) in [4.78, 5) is 14.9. The Labute approximate surface area is 169 Å². The van der Waals surface area contributed by atoms with Crippen LogP contribution in [0.4, 0.5) is 10.5 Å². The lowest BCUT2D eigenvalue weighted by atomic mass is 9.86. The fourth-order valence-electron chi connectivity index (χ4n) is 3.76. The van der Waals surface area contributed by atoms with Gasteiger partial charge in [0.05, 0.1) is 26.1 Å². The van der Waals surface area contributed by atoms with Gasteiger partial charge in [0, 0.05) is 38.3 Å². The van der Waals surface area contributed by atoms with Crippen molar-refractivity contribution in [3.8, 4) is 11.5 Å². The molecule has 7 nitrogen and oxygen atoms in total. The molecule has 29 heavy (non-hydrogen) atoms. The summed E-state index contributed by atoms with van der Waals surface area (Å²) in [7, 11) is 5.06. The van der Waals surface area contributed by atoms with E-state index in [1.807, 2.05) is 36.5 Å². The smallest absolute Gasteiger partial charge is 0.322 e. The number of ether oxygens (including phenoxy) is 2. The van der Waals surface area contributed by atoms with Crippen LogP contribution in [0.15, 0.2) is 54.9 Å². The molecule has 0 bridgehead atoms. The second kappa shape index (κ2) is 7.87. The molecule has 0 saturated heterocycles. The van der Waals surface area contributed by atoms with Crippen LogP contribution in [0.25, 0.3) is 0 Å². The van der Waals surface area contributed by atoms with Crippen LogP contribution in [0.1, 0.15) is 22.6 Å². The zero-order valence-electron chi connectivity index (χ0n) is 16.8. The van der Waals surface area contributed by atoms with Crippen molar-refractivity contribution in [2.75, 3.05) is 26.1 Å². The SMILES string of the molecule is COc1ccc(NC(=O)N2Cc3ccccc3C(c3cnn(C)c3)C2)c(OC)c1. The molecule has 7 heteroatoms. The lowest BCUT2D eigenvalue weighted by Gasteiger charge is -2.34. The maximum atomic E-state index is 13.1. The monoisotopic (exact) mass is 392 g/mol. The molecule has 150 valence electrons. The average Bonchev–Trinajstić information content (AvgIpc) is 3.19. The molecule has 1 aliphatic heterocycles. The number of hydrogen-bond donors (Lipinski definition) is 1. The third kappa shape index (κ3) is 3.76. The Hall–Kier alpha value is -3.48. The van der Waals surface area contributed by atoms with E-state index in [0.29, 0.717) is 30.3 Å². The van der Waals surface area contributed by atoms with E-state index in [-0.39, 0.29) is 11.9 Å². The van der Waals surface area contributed by atoms with Crippen LogP contribution < -0.4 is 14.8 Å². The molecule has 2 aromatic carbocycles. The zero-order chi connectivity index (χ0) is 20.4. The van der Waals surface area contributed by atoms with Gasteiger partial charge in [-0.25, -0.2) is 4.79 Å². The van der Waals surface area contributed by atoms with Gasteiger partial charge in [0.2, 0.25) is 0 Å². The quantitative estimate of drug-likeness (QED) is 0.736. The van der Waals surface area contributed by atoms with Crippen molar-refractivity contribution < 1.29 is 14.3 Å². The zero-order valence-corrected chi connectivity index (χ0v) is 16.8. The van der Waals surface area contributed by atoms with Crippen molar-refractivity contribution in [3.63, 3.8) is 0 Å². The third-order valence-electron chi connectivity index (χ3n) is 5.26. The molecular weight excluding hydrogens is 368 g/mol. The standard InChI is InChI=1S/C22H24N4O3/c1-25-12-16(11-23-25)19-14-26(13-15-6-4-5-7-18(15)19)22(27)24-20-9-8-17(28-2)10-21(20)29-3/h4-12,19H,13-14H2,1-3H3,(H,24,27). The van der Waals surface area contributed by atoms with Crippen LogP contribution in [0.3, 0.4) is 0 Å². The Morgan fingerprint density at radius 3 is 2.72 bits per heavy atom. The first-order valence-electron chi connectivity index (χ1n) is 9.43. The van der Waals surface area contributed by atoms with Crippen LogP contribution >= 0.6 is 0 Å². The van der Waals surface area contributed by atoms with E-state index >= 15 is 0 Å². The minimum atomic E-state index is -0.170. The Balaban J connectivity index is 1.60. The lowest BCUT2D eigenvalue weighted by molar-refractivity contribution is 0.202. The third-order valence-corrected chi connectivity index (χ3v) is 5.26. The number of aryl methyl sites for hydroxylation is 1. The average molecular weight is 392 g/mol. The number of carbonyl (C=O) groups is 1. The van der Waals surface area contributed by atoms with Gasteiger partial charge in [0.1, 0.15) is 11.5 Å². The topological polar surface area (TPSA) is 68.6 Å². The van der Waals surface area contributed by atoms with Gasteiger partial charge >= 0.3 is 6.03 Å². The van der Waals surface area contributed by atoms with E-state index in [0.717, 1.165) is 11.1 Å². The number of methoxy groups -OCH3 is 2. The first kappa shape index (κ1) is 18.9. The lowest BCUT2D eigenvalue weighted by Crippen LogP contribution is -2.41. The number of amides is 2. The Morgan fingerprint density at radius 2 is 2.00 bits per heavy atom. The van der Waals surface area contributed by atoms with Gasteiger partial charge in [-0.3, -0.25) is 4.68 Å². The summed E-state index contributed by atoms with van der Waals surface area (Å²) in [6.07, 6.45) is 3.88. The molecule has 1 unspecified atom stereocenters. The number of urea groups is 1. The van der Waals surface area contributed by atoms with E-state index in [1.54, 1.807) is 37.1 Å². The van der Waals surface area contributed by atoms with E-state index in [1.165, 1.54) is 5.56 Å². The fraction of sp³-hybridized carbons (Fsp3) is 0.273. The highest BCUT2D eigenvalue weighted by Gasteiger charge is 2.30. The maximum absolute atomic E-state index is 13.1. The normalized spacial score (nSPS) is 15.6. The predicted molar refractivity (Wildman–Crippen MR) is 110 cm³/mol. The molecule has 4 rings (SSSR count). The van der Waals surface area contributed by atoms with Crippen LogP contribution in [0.5, 0.6) is 11.5 Å². The van der Waals surface area contributed by atoms with Gasteiger partial charge in [-0.15, -0.1) is 0 Å². The summed E-state index contributed by atoms with van der Waals surface area (Å²) in [5.74, 6) is 1.31.